The SMILES string of the molecule is O=C(Nc1ccc(C2CCNC2)cc1)OCCc1cccc(Cl)c1. The molecule has 1 saturated heterocycles. The predicted octanol–water partition coefficient (Wildman–Crippen LogP) is 4.21. The lowest BCUT2D eigenvalue weighted by molar-refractivity contribution is 0.163. The number of carbonyl (C=O) groups excluding carboxylic acids is 1. The smallest absolute Gasteiger partial charge is 0.411 e. The quantitative estimate of drug-likeness (QED) is 0.854. The van der Waals surface area contributed by atoms with Crippen LogP contribution in [0.15, 0.2) is 48.5 Å². The Morgan fingerprint density at radius 1 is 1.25 bits per heavy atom. The monoisotopic (exact) mass is 344 g/mol. The third-order valence-electron chi connectivity index (χ3n) is 4.20. The van der Waals surface area contributed by atoms with E-state index in [9.17, 15) is 4.79 Å². The second kappa shape index (κ2) is 8.18. The molecule has 0 radical (unpaired) electrons. The molecule has 1 amide bonds. The Labute approximate surface area is 147 Å². The van der Waals surface area contributed by atoms with Crippen molar-refractivity contribution in [2.45, 2.75) is 18.8 Å². The average Bonchev–Trinajstić information content (AvgIpc) is 3.10. The number of carbonyl (C=O) groups is 1. The summed E-state index contributed by atoms with van der Waals surface area (Å²) < 4.78 is 5.22. The van der Waals surface area contributed by atoms with Gasteiger partial charge in [0.15, 0.2) is 0 Å². The standard InChI is InChI=1S/C19H21ClN2O2/c20-17-3-1-2-14(12-17)9-11-24-19(23)22-18-6-4-15(5-7-18)16-8-10-21-13-16/h1-7,12,16,21H,8-11,13H2,(H,22,23). The second-order valence-electron chi connectivity index (χ2n) is 5.95. The fourth-order valence-corrected chi connectivity index (χ4v) is 3.10. The summed E-state index contributed by atoms with van der Waals surface area (Å²) in [5.41, 5.74) is 3.10. The molecule has 24 heavy (non-hydrogen) atoms. The molecule has 0 saturated carbocycles. The van der Waals surface area contributed by atoms with Gasteiger partial charge in [-0.25, -0.2) is 4.79 Å². The summed E-state index contributed by atoms with van der Waals surface area (Å²) in [6.45, 7) is 2.42. The average molecular weight is 345 g/mol. The Morgan fingerprint density at radius 3 is 2.79 bits per heavy atom. The number of hydrogen-bond donors (Lipinski definition) is 2. The molecule has 126 valence electrons. The molecule has 1 fully saturated rings. The van der Waals surface area contributed by atoms with Gasteiger partial charge in [-0.2, -0.15) is 0 Å². The zero-order chi connectivity index (χ0) is 16.8. The lowest BCUT2D eigenvalue weighted by Gasteiger charge is -2.11. The number of rotatable bonds is 5. The van der Waals surface area contributed by atoms with Crippen molar-refractivity contribution in [1.82, 2.24) is 5.32 Å². The lowest BCUT2D eigenvalue weighted by Crippen LogP contribution is -2.15. The van der Waals surface area contributed by atoms with Crippen molar-refractivity contribution in [1.29, 1.82) is 0 Å². The number of halogens is 1. The molecule has 0 bridgehead atoms. The highest BCUT2D eigenvalue weighted by molar-refractivity contribution is 6.30. The Morgan fingerprint density at radius 2 is 2.08 bits per heavy atom. The van der Waals surface area contributed by atoms with Crippen molar-refractivity contribution < 1.29 is 9.53 Å². The van der Waals surface area contributed by atoms with Crippen LogP contribution in [0.5, 0.6) is 0 Å². The molecule has 0 aliphatic carbocycles. The Balaban J connectivity index is 1.44. The van der Waals surface area contributed by atoms with Crippen molar-refractivity contribution in [2.24, 2.45) is 0 Å². The van der Waals surface area contributed by atoms with E-state index in [0.717, 1.165) is 30.8 Å². The molecule has 5 heteroatoms. The molecule has 1 aliphatic heterocycles. The minimum absolute atomic E-state index is 0.317. The summed E-state index contributed by atoms with van der Waals surface area (Å²) in [5.74, 6) is 0.573. The van der Waals surface area contributed by atoms with Crippen LogP contribution in [0, 0.1) is 0 Å². The summed E-state index contributed by atoms with van der Waals surface area (Å²) in [6.07, 6.45) is 1.37. The van der Waals surface area contributed by atoms with Crippen LogP contribution in [0.4, 0.5) is 10.5 Å². The van der Waals surface area contributed by atoms with E-state index in [1.165, 1.54) is 5.56 Å². The van der Waals surface area contributed by atoms with Gasteiger partial charge in [-0.1, -0.05) is 35.9 Å². The van der Waals surface area contributed by atoms with Crippen LogP contribution in [0.25, 0.3) is 0 Å². The first-order chi connectivity index (χ1) is 11.7. The number of nitrogens with one attached hydrogen (secondary N) is 2. The summed E-state index contributed by atoms with van der Waals surface area (Å²) in [5, 5.41) is 6.80. The predicted molar refractivity (Wildman–Crippen MR) is 96.8 cm³/mol. The number of amides is 1. The number of hydrogen-bond acceptors (Lipinski definition) is 3. The zero-order valence-electron chi connectivity index (χ0n) is 13.4. The van der Waals surface area contributed by atoms with E-state index in [1.807, 2.05) is 36.4 Å². The van der Waals surface area contributed by atoms with Crippen LogP contribution in [0.2, 0.25) is 5.02 Å². The lowest BCUT2D eigenvalue weighted by atomic mass is 9.98. The third-order valence-corrected chi connectivity index (χ3v) is 4.44. The molecule has 2 aromatic carbocycles. The van der Waals surface area contributed by atoms with Gasteiger partial charge >= 0.3 is 6.09 Å². The molecule has 1 unspecified atom stereocenters. The van der Waals surface area contributed by atoms with Crippen molar-refractivity contribution >= 4 is 23.4 Å². The molecule has 1 heterocycles. The van der Waals surface area contributed by atoms with E-state index < -0.39 is 6.09 Å². The molecular weight excluding hydrogens is 324 g/mol. The molecular formula is C19H21ClN2O2. The number of ether oxygens (including phenoxy) is 1. The van der Waals surface area contributed by atoms with Gasteiger partial charge in [-0.05, 0) is 54.3 Å². The molecule has 0 aromatic heterocycles. The Hall–Kier alpha value is -2.04. The minimum atomic E-state index is -0.438. The molecule has 2 aromatic rings. The van der Waals surface area contributed by atoms with Crippen LogP contribution in [-0.2, 0) is 11.2 Å². The molecule has 3 rings (SSSR count). The second-order valence-corrected chi connectivity index (χ2v) is 6.39. The maximum atomic E-state index is 11.8. The first-order valence-corrected chi connectivity index (χ1v) is 8.57. The largest absolute Gasteiger partial charge is 0.449 e. The topological polar surface area (TPSA) is 50.4 Å². The Bertz CT molecular complexity index is 682. The van der Waals surface area contributed by atoms with E-state index in [0.29, 0.717) is 24.0 Å². The van der Waals surface area contributed by atoms with Crippen LogP contribution in [0.3, 0.4) is 0 Å². The van der Waals surface area contributed by atoms with Crippen molar-refractivity contribution in [3.05, 3.63) is 64.7 Å². The summed E-state index contributed by atoms with van der Waals surface area (Å²) >= 11 is 5.93. The first-order valence-electron chi connectivity index (χ1n) is 8.19. The third kappa shape index (κ3) is 4.73. The molecule has 0 spiro atoms. The first kappa shape index (κ1) is 16.8. The van der Waals surface area contributed by atoms with E-state index in [1.54, 1.807) is 0 Å². The van der Waals surface area contributed by atoms with Gasteiger partial charge in [-0.3, -0.25) is 5.32 Å². The van der Waals surface area contributed by atoms with Gasteiger partial charge in [0.1, 0.15) is 0 Å². The highest BCUT2D eigenvalue weighted by Crippen LogP contribution is 2.23. The normalized spacial score (nSPS) is 16.8. The van der Waals surface area contributed by atoms with E-state index >= 15 is 0 Å². The van der Waals surface area contributed by atoms with Gasteiger partial charge in [-0.15, -0.1) is 0 Å². The molecule has 1 aliphatic rings. The molecule has 4 nitrogen and oxygen atoms in total. The van der Waals surface area contributed by atoms with Gasteiger partial charge < -0.3 is 10.1 Å². The van der Waals surface area contributed by atoms with E-state index in [-0.39, 0.29) is 0 Å². The minimum Gasteiger partial charge on any atom is -0.449 e. The maximum Gasteiger partial charge on any atom is 0.411 e. The number of anilines is 1. The van der Waals surface area contributed by atoms with Crippen LogP contribution in [0.1, 0.15) is 23.5 Å². The van der Waals surface area contributed by atoms with Crippen LogP contribution in [-0.4, -0.2) is 25.8 Å². The highest BCUT2D eigenvalue weighted by atomic mass is 35.5. The summed E-state index contributed by atoms with van der Waals surface area (Å²) in [6, 6.07) is 15.5. The Kier molecular flexibility index (Phi) is 5.72. The van der Waals surface area contributed by atoms with E-state index in [4.69, 9.17) is 16.3 Å². The molecule has 2 N–H and O–H groups in total. The van der Waals surface area contributed by atoms with Gasteiger partial charge in [0, 0.05) is 23.7 Å². The van der Waals surface area contributed by atoms with Crippen molar-refractivity contribution in [3.63, 3.8) is 0 Å². The number of benzene rings is 2. The maximum absolute atomic E-state index is 11.8. The fourth-order valence-electron chi connectivity index (χ4n) is 2.89. The van der Waals surface area contributed by atoms with Crippen LogP contribution < -0.4 is 10.6 Å². The van der Waals surface area contributed by atoms with Crippen LogP contribution >= 0.6 is 11.6 Å². The van der Waals surface area contributed by atoms with Crippen molar-refractivity contribution in [2.75, 3.05) is 25.0 Å². The summed E-state index contributed by atoms with van der Waals surface area (Å²) in [7, 11) is 0. The van der Waals surface area contributed by atoms with Gasteiger partial charge in [0.05, 0.1) is 6.61 Å². The highest BCUT2D eigenvalue weighted by Gasteiger charge is 2.16. The summed E-state index contributed by atoms with van der Waals surface area (Å²) in [4.78, 5) is 11.8. The fraction of sp³-hybridized carbons (Fsp3) is 0.316. The van der Waals surface area contributed by atoms with Gasteiger partial charge in [0.25, 0.3) is 0 Å². The van der Waals surface area contributed by atoms with E-state index in [2.05, 4.69) is 22.8 Å². The molecule has 1 atom stereocenters. The zero-order valence-corrected chi connectivity index (χ0v) is 14.2. The van der Waals surface area contributed by atoms with Gasteiger partial charge in [0.2, 0.25) is 0 Å². The van der Waals surface area contributed by atoms with Crippen molar-refractivity contribution in [3.8, 4) is 0 Å².